The first-order chi connectivity index (χ1) is 23.5. The van der Waals surface area contributed by atoms with Gasteiger partial charge in [0.25, 0.3) is 11.5 Å². The van der Waals surface area contributed by atoms with Crippen LogP contribution in [0.1, 0.15) is 121 Å². The van der Waals surface area contributed by atoms with E-state index in [-0.39, 0.29) is 65.1 Å². The van der Waals surface area contributed by atoms with Crippen LogP contribution in [0, 0.1) is 30.1 Å². The lowest BCUT2D eigenvalue weighted by Gasteiger charge is -2.34. The second-order valence-corrected chi connectivity index (χ2v) is 13.3. The highest BCUT2D eigenvalue weighted by Crippen LogP contribution is 2.28. The number of amides is 1. The summed E-state index contributed by atoms with van der Waals surface area (Å²) in [6.07, 6.45) is 8.32. The number of nitriles is 1. The standard InChI is InChI=1S/C38H62N8O3/c1-8-14-21-42-30(13-6)25-46-37(48)32(22-39)26(7)35(38(46)49)44-43-31-19-17-29(18-20-31)36(47)45(23-27(11-4)33(40)15-9-2)24-28(12-5)34(41)16-10-3/h17-20,27-28,30,33-34,42,48H,8-16,21,23-25,40-41H2,1-7H3. The summed E-state index contributed by atoms with van der Waals surface area (Å²) in [4.78, 5) is 29.5. The van der Waals surface area contributed by atoms with Crippen LogP contribution in [0.15, 0.2) is 39.3 Å². The first kappa shape index (κ1) is 41.6. The molecule has 0 bridgehead atoms. The molecule has 0 aliphatic carbocycles. The normalized spacial score (nSPS) is 14.7. The van der Waals surface area contributed by atoms with E-state index in [1.165, 1.54) is 4.57 Å². The first-order valence-corrected chi connectivity index (χ1v) is 18.4. The average molecular weight is 679 g/mol. The van der Waals surface area contributed by atoms with Gasteiger partial charge in [0, 0.05) is 48.9 Å². The maximum absolute atomic E-state index is 14.0. The SMILES string of the molecule is CCCCNC(CC)Cn1c(O)c(C#N)c(C)c(N=Nc2ccc(C(=O)N(CC(CC)C(N)CCC)CC(CC)C(N)CCC)cc2)c1=O. The number of hydrogen-bond acceptors (Lipinski definition) is 9. The number of carbonyl (C=O) groups is 1. The number of nitrogens with two attached hydrogens (primary N) is 2. The van der Waals surface area contributed by atoms with E-state index in [2.05, 4.69) is 50.2 Å². The lowest BCUT2D eigenvalue weighted by atomic mass is 9.90. The van der Waals surface area contributed by atoms with E-state index in [1.54, 1.807) is 31.2 Å². The number of carbonyl (C=O) groups excluding carboxylic acids is 1. The molecule has 272 valence electrons. The van der Waals surface area contributed by atoms with Gasteiger partial charge in [-0.15, -0.1) is 5.11 Å². The molecule has 0 fully saturated rings. The molecule has 0 saturated carbocycles. The smallest absolute Gasteiger partial charge is 0.281 e. The topological polar surface area (TPSA) is 175 Å². The summed E-state index contributed by atoms with van der Waals surface area (Å²) in [5.41, 5.74) is 13.8. The summed E-state index contributed by atoms with van der Waals surface area (Å²) in [6, 6.07) is 8.81. The zero-order valence-corrected chi connectivity index (χ0v) is 31.0. The zero-order valence-electron chi connectivity index (χ0n) is 31.0. The third-order valence-electron chi connectivity index (χ3n) is 9.71. The molecular formula is C38H62N8O3. The number of nitrogens with one attached hydrogen (secondary N) is 1. The zero-order chi connectivity index (χ0) is 36.5. The molecule has 1 aromatic heterocycles. The van der Waals surface area contributed by atoms with Gasteiger partial charge in [-0.2, -0.15) is 10.4 Å². The Morgan fingerprint density at radius 2 is 1.51 bits per heavy atom. The molecule has 2 aromatic rings. The second-order valence-electron chi connectivity index (χ2n) is 13.3. The van der Waals surface area contributed by atoms with E-state index in [1.807, 2.05) is 17.9 Å². The summed E-state index contributed by atoms with van der Waals surface area (Å²) in [6.45, 7) is 16.3. The number of hydrogen-bond donors (Lipinski definition) is 4. The van der Waals surface area contributed by atoms with Gasteiger partial charge in [0.2, 0.25) is 5.88 Å². The predicted molar refractivity (Wildman–Crippen MR) is 199 cm³/mol. The molecule has 5 atom stereocenters. The molecule has 0 saturated heterocycles. The van der Waals surface area contributed by atoms with Gasteiger partial charge < -0.3 is 26.8 Å². The predicted octanol–water partition coefficient (Wildman–Crippen LogP) is 7.07. The van der Waals surface area contributed by atoms with Crippen molar-refractivity contribution in [2.45, 2.75) is 131 Å². The fraction of sp³-hybridized carbons (Fsp3) is 0.658. The fourth-order valence-electron chi connectivity index (χ4n) is 6.31. The number of rotatable bonds is 22. The van der Waals surface area contributed by atoms with E-state index in [4.69, 9.17) is 11.5 Å². The minimum Gasteiger partial charge on any atom is -0.493 e. The number of pyridine rings is 1. The molecule has 11 heteroatoms. The maximum Gasteiger partial charge on any atom is 0.281 e. The number of benzene rings is 1. The Kier molecular flexibility index (Phi) is 18.2. The van der Waals surface area contributed by atoms with Gasteiger partial charge in [-0.25, -0.2) is 0 Å². The molecule has 11 nitrogen and oxygen atoms in total. The van der Waals surface area contributed by atoms with Crippen molar-refractivity contribution < 1.29 is 9.90 Å². The number of unbranched alkanes of at least 4 members (excludes halogenated alkanes) is 1. The highest BCUT2D eigenvalue weighted by atomic mass is 16.3. The number of aromatic hydroxyl groups is 1. The number of azo groups is 1. The van der Waals surface area contributed by atoms with Gasteiger partial charge in [-0.3, -0.25) is 14.2 Å². The van der Waals surface area contributed by atoms with Crippen molar-refractivity contribution in [3.05, 3.63) is 51.3 Å². The molecule has 6 N–H and O–H groups in total. The van der Waals surface area contributed by atoms with Gasteiger partial charge in [-0.05, 0) is 75.3 Å². The van der Waals surface area contributed by atoms with Gasteiger partial charge in [0.05, 0.1) is 5.69 Å². The van der Waals surface area contributed by atoms with Gasteiger partial charge >= 0.3 is 0 Å². The second kappa shape index (κ2) is 21.5. The molecule has 5 unspecified atom stereocenters. The summed E-state index contributed by atoms with van der Waals surface area (Å²) in [5, 5.41) is 32.7. The van der Waals surface area contributed by atoms with Crippen molar-refractivity contribution in [1.29, 1.82) is 5.26 Å². The minimum atomic E-state index is -0.519. The summed E-state index contributed by atoms with van der Waals surface area (Å²) >= 11 is 0. The Morgan fingerprint density at radius 3 is 1.98 bits per heavy atom. The Labute approximate surface area is 294 Å². The van der Waals surface area contributed by atoms with Crippen LogP contribution in [0.25, 0.3) is 0 Å². The van der Waals surface area contributed by atoms with Crippen molar-refractivity contribution in [3.8, 4) is 11.9 Å². The summed E-state index contributed by atoms with van der Waals surface area (Å²) in [5.74, 6) is -0.101. The molecule has 1 amide bonds. The molecular weight excluding hydrogens is 616 g/mol. The van der Waals surface area contributed by atoms with E-state index in [9.17, 15) is 20.0 Å². The maximum atomic E-state index is 14.0. The first-order valence-electron chi connectivity index (χ1n) is 18.4. The van der Waals surface area contributed by atoms with E-state index in [0.29, 0.717) is 24.3 Å². The minimum absolute atomic E-state index is 0.00728. The quantitative estimate of drug-likeness (QED) is 0.0761. The number of nitrogens with zero attached hydrogens (tertiary/aromatic N) is 5. The van der Waals surface area contributed by atoms with Crippen LogP contribution in [0.3, 0.4) is 0 Å². The van der Waals surface area contributed by atoms with Crippen molar-refractivity contribution in [3.63, 3.8) is 0 Å². The third-order valence-corrected chi connectivity index (χ3v) is 9.71. The van der Waals surface area contributed by atoms with Crippen LogP contribution >= 0.6 is 0 Å². The van der Waals surface area contributed by atoms with Crippen molar-refractivity contribution in [1.82, 2.24) is 14.8 Å². The molecule has 0 aliphatic heterocycles. The molecule has 0 radical (unpaired) electrons. The third kappa shape index (κ3) is 11.8. The Bertz CT molecular complexity index is 1410. The largest absolute Gasteiger partial charge is 0.493 e. The van der Waals surface area contributed by atoms with E-state index in [0.717, 1.165) is 64.3 Å². The Balaban J connectivity index is 2.41. The summed E-state index contributed by atoms with van der Waals surface area (Å²) in [7, 11) is 0. The van der Waals surface area contributed by atoms with Crippen molar-refractivity contribution in [2.75, 3.05) is 19.6 Å². The van der Waals surface area contributed by atoms with Crippen molar-refractivity contribution >= 4 is 17.3 Å². The van der Waals surface area contributed by atoms with Crippen LogP contribution < -0.4 is 22.3 Å². The molecule has 0 aliphatic rings. The van der Waals surface area contributed by atoms with Crippen molar-refractivity contribution in [2.24, 2.45) is 33.5 Å². The van der Waals surface area contributed by atoms with Crippen LogP contribution in [-0.2, 0) is 6.54 Å². The van der Waals surface area contributed by atoms with Crippen LogP contribution in [0.4, 0.5) is 11.4 Å². The highest BCUT2D eigenvalue weighted by Gasteiger charge is 2.27. The summed E-state index contributed by atoms with van der Waals surface area (Å²) < 4.78 is 1.20. The van der Waals surface area contributed by atoms with Crippen LogP contribution in [0.2, 0.25) is 0 Å². The highest BCUT2D eigenvalue weighted by molar-refractivity contribution is 5.94. The van der Waals surface area contributed by atoms with Crippen LogP contribution in [-0.4, -0.2) is 58.2 Å². The fourth-order valence-corrected chi connectivity index (χ4v) is 6.31. The Morgan fingerprint density at radius 1 is 0.939 bits per heavy atom. The molecule has 0 spiro atoms. The van der Waals surface area contributed by atoms with Gasteiger partial charge in [0.1, 0.15) is 11.6 Å². The average Bonchev–Trinajstić information content (AvgIpc) is 3.09. The molecule has 1 aromatic carbocycles. The molecule has 1 heterocycles. The van der Waals surface area contributed by atoms with Gasteiger partial charge in [0.15, 0.2) is 5.69 Å². The lowest BCUT2D eigenvalue weighted by Crippen LogP contribution is -2.46. The van der Waals surface area contributed by atoms with Crippen LogP contribution in [0.5, 0.6) is 5.88 Å². The monoisotopic (exact) mass is 678 g/mol. The molecule has 2 rings (SSSR count). The number of aromatic nitrogens is 1. The lowest BCUT2D eigenvalue weighted by molar-refractivity contribution is 0.0670. The molecule has 49 heavy (non-hydrogen) atoms. The van der Waals surface area contributed by atoms with Gasteiger partial charge in [-0.1, -0.05) is 73.6 Å². The van der Waals surface area contributed by atoms with E-state index >= 15 is 0 Å². The van der Waals surface area contributed by atoms with E-state index < -0.39 is 5.56 Å². The Hall–Kier alpha value is -3.59.